The van der Waals surface area contributed by atoms with E-state index in [0.717, 1.165) is 5.56 Å². The predicted molar refractivity (Wildman–Crippen MR) is 87.7 cm³/mol. The van der Waals surface area contributed by atoms with Gasteiger partial charge >= 0.3 is 5.97 Å². The summed E-state index contributed by atoms with van der Waals surface area (Å²) in [5.74, 6) is -1.08. The first-order valence-electron chi connectivity index (χ1n) is 6.96. The predicted octanol–water partition coefficient (Wildman–Crippen LogP) is 3.02. The zero-order valence-electron chi connectivity index (χ0n) is 12.2. The Hall–Kier alpha value is -2.66. The number of anilines is 1. The molecule has 5 nitrogen and oxygen atoms in total. The molecule has 6 heteroatoms. The fraction of sp³-hybridized carbons (Fsp3) is 0.118. The van der Waals surface area contributed by atoms with Crippen LogP contribution in [0.25, 0.3) is 0 Å². The van der Waals surface area contributed by atoms with Gasteiger partial charge in [-0.3, -0.25) is 9.59 Å². The third-order valence-corrected chi connectivity index (χ3v) is 3.53. The van der Waals surface area contributed by atoms with E-state index >= 15 is 0 Å². The number of hydrogen-bond donors (Lipinski definition) is 1. The lowest BCUT2D eigenvalue weighted by Gasteiger charge is -2.10. The van der Waals surface area contributed by atoms with Crippen molar-refractivity contribution in [3.8, 4) is 0 Å². The lowest BCUT2D eigenvalue weighted by molar-refractivity contribution is -0.151. The van der Waals surface area contributed by atoms with Gasteiger partial charge in [-0.05, 0) is 18.2 Å². The van der Waals surface area contributed by atoms with Crippen LogP contribution < -0.4 is 5.32 Å². The van der Waals surface area contributed by atoms with Crippen molar-refractivity contribution in [2.45, 2.75) is 13.2 Å². The monoisotopic (exact) mass is 330 g/mol. The highest BCUT2D eigenvalue weighted by molar-refractivity contribution is 6.32. The third kappa shape index (κ3) is 3.24. The number of fused-ring (bicyclic) bond motifs is 1. The van der Waals surface area contributed by atoms with Crippen LogP contribution in [0.3, 0.4) is 0 Å². The number of aliphatic imine (C=N–C) groups is 1. The summed E-state index contributed by atoms with van der Waals surface area (Å²) in [4.78, 5) is 27.8. The number of esters is 1. The number of nitrogens with zero attached hydrogens (tertiary/aromatic N) is 1. The Morgan fingerprint density at radius 3 is 2.70 bits per heavy atom. The quantitative estimate of drug-likeness (QED) is 0.861. The molecule has 2 aromatic rings. The second-order valence-corrected chi connectivity index (χ2v) is 5.42. The molecule has 1 atom stereocenters. The Morgan fingerprint density at radius 2 is 2.00 bits per heavy atom. The van der Waals surface area contributed by atoms with Crippen molar-refractivity contribution in [3.63, 3.8) is 0 Å². The molecule has 0 fully saturated rings. The zero-order valence-corrected chi connectivity index (χ0v) is 13.0. The van der Waals surface area contributed by atoms with Gasteiger partial charge in [0.15, 0.2) is 0 Å². The number of halogens is 1. The van der Waals surface area contributed by atoms with Gasteiger partial charge in [-0.1, -0.05) is 41.9 Å². The molecule has 1 heterocycles. The lowest BCUT2D eigenvalue weighted by atomic mass is 10.0. The van der Waals surface area contributed by atoms with Gasteiger partial charge in [-0.2, -0.15) is 0 Å². The van der Waals surface area contributed by atoms with Gasteiger partial charge in [0.1, 0.15) is 0 Å². The average Bonchev–Trinajstić information content (AvgIpc) is 2.65. The number of hydrogen-bond acceptors (Lipinski definition) is 4. The van der Waals surface area contributed by atoms with E-state index in [1.54, 1.807) is 18.2 Å². The summed E-state index contributed by atoms with van der Waals surface area (Å²) in [6.45, 7) is 1.24. The topological polar surface area (TPSA) is 67.8 Å². The maximum absolute atomic E-state index is 12.2. The number of ether oxygens (including phenoxy) is 1. The fourth-order valence-electron chi connectivity index (χ4n) is 2.32. The second kappa shape index (κ2) is 6.22. The Kier molecular flexibility index (Phi) is 4.12. The fourth-order valence-corrected chi connectivity index (χ4v) is 2.50. The van der Waals surface area contributed by atoms with Crippen LogP contribution in [0.5, 0.6) is 0 Å². The lowest BCUT2D eigenvalue weighted by Crippen LogP contribution is -2.29. The molecule has 0 aromatic heterocycles. The summed E-state index contributed by atoms with van der Waals surface area (Å²) in [6, 6.07) is 14.4. The van der Waals surface area contributed by atoms with Gasteiger partial charge in [0.2, 0.25) is 0 Å². The van der Waals surface area contributed by atoms with Gasteiger partial charge in [0, 0.05) is 23.1 Å². The van der Waals surface area contributed by atoms with Crippen LogP contribution in [-0.2, 0) is 14.3 Å². The summed E-state index contributed by atoms with van der Waals surface area (Å²) < 4.78 is 5.03. The molecule has 23 heavy (non-hydrogen) atoms. The Balaban J connectivity index is 2.18. The van der Waals surface area contributed by atoms with Crippen LogP contribution >= 0.6 is 11.6 Å². The Labute approximate surface area is 137 Å². The van der Waals surface area contributed by atoms with E-state index in [1.807, 2.05) is 30.3 Å². The van der Waals surface area contributed by atoms with E-state index in [2.05, 4.69) is 10.3 Å². The van der Waals surface area contributed by atoms with Crippen molar-refractivity contribution in [2.75, 3.05) is 5.32 Å². The standard InChI is InChI=1S/C17H13ClN2O3/c1-10(21)23-17-16(22)19-14-8-7-12(18)9-13(14)15(20-17)11-5-3-2-4-6-11/h2-9,17H,1H3,(H,19,22)/i16+2. The van der Waals surface area contributed by atoms with Crippen molar-refractivity contribution >= 4 is 34.9 Å². The Morgan fingerprint density at radius 1 is 1.26 bits per heavy atom. The first-order chi connectivity index (χ1) is 11.0. The Bertz CT molecular complexity index is 803. The minimum atomic E-state index is -1.24. The van der Waals surface area contributed by atoms with Crippen molar-refractivity contribution in [1.82, 2.24) is 0 Å². The number of amides is 1. The highest BCUT2D eigenvalue weighted by Gasteiger charge is 2.28. The van der Waals surface area contributed by atoms with Crippen molar-refractivity contribution in [2.24, 2.45) is 4.99 Å². The number of nitrogens with one attached hydrogen (secondary N) is 1. The zero-order chi connectivity index (χ0) is 16.4. The molecular formula is C17H13ClN2O3. The summed E-state index contributed by atoms with van der Waals surface area (Å²) in [5.41, 5.74) is 2.57. The molecule has 0 saturated heterocycles. The van der Waals surface area contributed by atoms with Gasteiger partial charge in [0.25, 0.3) is 12.1 Å². The van der Waals surface area contributed by atoms with Crippen LogP contribution in [-0.4, -0.2) is 23.8 Å². The summed E-state index contributed by atoms with van der Waals surface area (Å²) in [5, 5.41) is 3.24. The van der Waals surface area contributed by atoms with Crippen LogP contribution in [0.4, 0.5) is 5.69 Å². The number of benzodiazepines with no additional fused rings is 1. The minimum Gasteiger partial charge on any atom is -0.430 e. The first-order valence-corrected chi connectivity index (χ1v) is 7.33. The summed E-state index contributed by atoms with van der Waals surface area (Å²) >= 11 is 6.09. The van der Waals surface area contributed by atoms with Crippen molar-refractivity contribution in [3.05, 3.63) is 64.7 Å². The van der Waals surface area contributed by atoms with Gasteiger partial charge in [-0.25, -0.2) is 4.99 Å². The SMILES string of the molecule is CC(=O)OC1N=C(c2ccccc2)c2cc(Cl)ccc2N[14C]1=O. The molecule has 1 aliphatic rings. The first kappa shape index (κ1) is 15.2. The third-order valence-electron chi connectivity index (χ3n) is 3.29. The van der Waals surface area contributed by atoms with Crippen LogP contribution in [0.1, 0.15) is 18.1 Å². The second-order valence-electron chi connectivity index (χ2n) is 4.98. The van der Waals surface area contributed by atoms with E-state index in [1.165, 1.54) is 6.92 Å². The molecule has 2 aromatic carbocycles. The molecule has 0 bridgehead atoms. The van der Waals surface area contributed by atoms with E-state index in [4.69, 9.17) is 16.3 Å². The number of carbonyl (C=O) groups excluding carboxylic acids is 2. The molecule has 0 saturated carbocycles. The van der Waals surface area contributed by atoms with Crippen LogP contribution in [0, 0.1) is 0 Å². The summed E-state index contributed by atoms with van der Waals surface area (Å²) in [7, 11) is 0. The maximum Gasteiger partial charge on any atom is 0.305 e. The molecule has 0 radical (unpaired) electrons. The van der Waals surface area contributed by atoms with E-state index < -0.39 is 18.1 Å². The highest BCUT2D eigenvalue weighted by atomic mass is 35.5. The van der Waals surface area contributed by atoms with E-state index in [0.29, 0.717) is 22.0 Å². The molecular weight excluding hydrogens is 318 g/mol. The van der Waals surface area contributed by atoms with Crippen molar-refractivity contribution in [1.29, 1.82) is 0 Å². The maximum atomic E-state index is 12.2. The van der Waals surface area contributed by atoms with E-state index in [9.17, 15) is 9.59 Å². The molecule has 1 N–H and O–H groups in total. The highest BCUT2D eigenvalue weighted by Crippen LogP contribution is 2.27. The molecule has 1 unspecified atom stereocenters. The van der Waals surface area contributed by atoms with Gasteiger partial charge < -0.3 is 10.1 Å². The molecule has 1 aliphatic heterocycles. The van der Waals surface area contributed by atoms with Crippen LogP contribution in [0.2, 0.25) is 5.02 Å². The van der Waals surface area contributed by atoms with Gasteiger partial charge in [-0.15, -0.1) is 0 Å². The largest absolute Gasteiger partial charge is 0.430 e. The van der Waals surface area contributed by atoms with Crippen LogP contribution in [0.15, 0.2) is 53.5 Å². The molecule has 116 valence electrons. The molecule has 3 rings (SSSR count). The summed E-state index contributed by atoms with van der Waals surface area (Å²) in [6.07, 6.45) is -1.24. The molecule has 1 amide bonds. The minimum absolute atomic E-state index is 0.505. The van der Waals surface area contributed by atoms with E-state index in [-0.39, 0.29) is 0 Å². The van der Waals surface area contributed by atoms with Crippen molar-refractivity contribution < 1.29 is 14.3 Å². The molecule has 0 spiro atoms. The average molecular weight is 331 g/mol. The number of carbonyl (C=O) groups is 2. The number of rotatable bonds is 2. The molecule has 0 aliphatic carbocycles. The smallest absolute Gasteiger partial charge is 0.305 e. The number of benzene rings is 2. The normalized spacial score (nSPS) is 16.7. The van der Waals surface area contributed by atoms with Gasteiger partial charge in [0.05, 0.1) is 11.4 Å².